The topological polar surface area (TPSA) is 69.2 Å². The molecule has 0 aliphatic carbocycles. The Labute approximate surface area is 147 Å². The molecule has 0 unspecified atom stereocenters. The van der Waals surface area contributed by atoms with E-state index in [2.05, 4.69) is 5.32 Å². The van der Waals surface area contributed by atoms with Crippen LogP contribution in [-0.2, 0) is 11.2 Å². The number of amides is 1. The Bertz CT molecular complexity index is 839. The van der Waals surface area contributed by atoms with Crippen LogP contribution in [0.1, 0.15) is 22.3 Å². The summed E-state index contributed by atoms with van der Waals surface area (Å²) in [4.78, 5) is 24.5. The molecule has 0 fully saturated rings. The highest BCUT2D eigenvalue weighted by Crippen LogP contribution is 2.37. The van der Waals surface area contributed by atoms with E-state index >= 15 is 0 Å². The zero-order valence-corrected chi connectivity index (χ0v) is 14.3. The first-order valence-electron chi connectivity index (χ1n) is 7.35. The predicted octanol–water partition coefficient (Wildman–Crippen LogP) is 3.41. The molecule has 0 atom stereocenters. The SMILES string of the molecule is O=C(CCc1ccccc1)Nc1scc(-c2cccs2)c1C(=O)[O-]. The molecule has 0 radical (unpaired) electrons. The van der Waals surface area contributed by atoms with E-state index in [9.17, 15) is 14.7 Å². The molecule has 2 aromatic heterocycles. The number of aryl methyl sites for hydroxylation is 1. The third kappa shape index (κ3) is 3.72. The van der Waals surface area contributed by atoms with Crippen LogP contribution in [0.25, 0.3) is 10.4 Å². The van der Waals surface area contributed by atoms with Crippen LogP contribution in [0.3, 0.4) is 0 Å². The molecule has 0 aliphatic heterocycles. The molecule has 3 rings (SSSR count). The second kappa shape index (κ2) is 7.42. The van der Waals surface area contributed by atoms with Crippen molar-refractivity contribution >= 4 is 39.6 Å². The van der Waals surface area contributed by atoms with Gasteiger partial charge in [0.2, 0.25) is 5.91 Å². The fourth-order valence-electron chi connectivity index (χ4n) is 2.36. The van der Waals surface area contributed by atoms with Crippen molar-refractivity contribution in [2.45, 2.75) is 12.8 Å². The minimum Gasteiger partial charge on any atom is -0.545 e. The Balaban J connectivity index is 1.73. The van der Waals surface area contributed by atoms with Gasteiger partial charge in [-0.25, -0.2) is 0 Å². The number of benzene rings is 1. The average Bonchev–Trinajstić information content (AvgIpc) is 3.23. The van der Waals surface area contributed by atoms with E-state index in [-0.39, 0.29) is 11.5 Å². The van der Waals surface area contributed by atoms with Gasteiger partial charge in [0.25, 0.3) is 0 Å². The lowest BCUT2D eigenvalue weighted by molar-refractivity contribution is -0.254. The first kappa shape index (κ1) is 16.4. The Morgan fingerprint density at radius 2 is 1.83 bits per heavy atom. The third-order valence-electron chi connectivity index (χ3n) is 3.52. The number of carboxylic acid groups (broad SMARTS) is 1. The highest BCUT2D eigenvalue weighted by molar-refractivity contribution is 7.17. The van der Waals surface area contributed by atoms with E-state index < -0.39 is 5.97 Å². The van der Waals surface area contributed by atoms with E-state index in [4.69, 9.17) is 0 Å². The molecule has 0 spiro atoms. The van der Waals surface area contributed by atoms with Gasteiger partial charge in [-0.05, 0) is 23.4 Å². The van der Waals surface area contributed by atoms with Crippen molar-refractivity contribution in [3.8, 4) is 10.4 Å². The van der Waals surface area contributed by atoms with Crippen LogP contribution in [0.15, 0.2) is 53.2 Å². The molecule has 0 aliphatic rings. The van der Waals surface area contributed by atoms with Gasteiger partial charge in [0.05, 0.1) is 5.97 Å². The van der Waals surface area contributed by atoms with Crippen molar-refractivity contribution < 1.29 is 14.7 Å². The fraction of sp³-hybridized carbons (Fsp3) is 0.111. The number of rotatable bonds is 6. The maximum atomic E-state index is 12.1. The molecule has 3 aromatic rings. The summed E-state index contributed by atoms with van der Waals surface area (Å²) in [6, 6.07) is 13.4. The summed E-state index contributed by atoms with van der Waals surface area (Å²) in [6.07, 6.45) is 0.902. The number of hydrogen-bond acceptors (Lipinski definition) is 5. The van der Waals surface area contributed by atoms with E-state index in [0.717, 1.165) is 10.4 Å². The van der Waals surface area contributed by atoms with Gasteiger partial charge in [0.1, 0.15) is 5.00 Å². The number of carbonyl (C=O) groups excluding carboxylic acids is 2. The molecule has 2 heterocycles. The number of thiophene rings is 2. The maximum absolute atomic E-state index is 12.1. The molecule has 0 saturated carbocycles. The molecular weight excluding hydrogens is 342 g/mol. The van der Waals surface area contributed by atoms with Crippen molar-refractivity contribution in [2.24, 2.45) is 0 Å². The largest absolute Gasteiger partial charge is 0.545 e. The predicted molar refractivity (Wildman–Crippen MR) is 95.4 cm³/mol. The summed E-state index contributed by atoms with van der Waals surface area (Å²) >= 11 is 2.66. The van der Waals surface area contributed by atoms with Crippen LogP contribution in [0, 0.1) is 0 Å². The van der Waals surface area contributed by atoms with Crippen molar-refractivity contribution in [1.29, 1.82) is 0 Å². The van der Waals surface area contributed by atoms with Crippen LogP contribution in [0.5, 0.6) is 0 Å². The van der Waals surface area contributed by atoms with Gasteiger partial charge in [-0.1, -0.05) is 36.4 Å². The summed E-state index contributed by atoms with van der Waals surface area (Å²) < 4.78 is 0. The van der Waals surface area contributed by atoms with Gasteiger partial charge in [0.15, 0.2) is 0 Å². The summed E-state index contributed by atoms with van der Waals surface area (Å²) in [5, 5.41) is 18.2. The first-order valence-corrected chi connectivity index (χ1v) is 9.11. The molecule has 4 nitrogen and oxygen atoms in total. The number of carbonyl (C=O) groups is 2. The van der Waals surface area contributed by atoms with Crippen molar-refractivity contribution in [1.82, 2.24) is 0 Å². The van der Waals surface area contributed by atoms with Crippen LogP contribution in [-0.4, -0.2) is 11.9 Å². The maximum Gasteiger partial charge on any atom is 0.225 e. The number of aromatic carboxylic acids is 1. The van der Waals surface area contributed by atoms with E-state index in [1.54, 1.807) is 5.38 Å². The fourth-order valence-corrected chi connectivity index (χ4v) is 4.15. The molecule has 1 N–H and O–H groups in total. The molecule has 0 saturated heterocycles. The zero-order chi connectivity index (χ0) is 16.9. The third-order valence-corrected chi connectivity index (χ3v) is 5.32. The molecule has 24 heavy (non-hydrogen) atoms. The van der Waals surface area contributed by atoms with Crippen LogP contribution < -0.4 is 10.4 Å². The van der Waals surface area contributed by atoms with Gasteiger partial charge in [-0.2, -0.15) is 0 Å². The lowest BCUT2D eigenvalue weighted by Gasteiger charge is -2.09. The quantitative estimate of drug-likeness (QED) is 0.736. The average molecular weight is 356 g/mol. The van der Waals surface area contributed by atoms with Gasteiger partial charge in [0, 0.05) is 27.8 Å². The monoisotopic (exact) mass is 356 g/mol. The van der Waals surface area contributed by atoms with Gasteiger partial charge in [-0.3, -0.25) is 4.79 Å². The number of hydrogen-bond donors (Lipinski definition) is 1. The Morgan fingerprint density at radius 3 is 2.50 bits per heavy atom. The standard InChI is InChI=1S/C18H15NO3S2/c20-15(9-8-12-5-2-1-3-6-12)19-17-16(18(21)22)13(11-24-17)14-7-4-10-23-14/h1-7,10-11H,8-9H2,(H,19,20)(H,21,22)/p-1. The summed E-state index contributed by atoms with van der Waals surface area (Å²) in [7, 11) is 0. The minimum absolute atomic E-state index is 0.0514. The summed E-state index contributed by atoms with van der Waals surface area (Å²) in [6.45, 7) is 0. The van der Waals surface area contributed by atoms with Gasteiger partial charge >= 0.3 is 0 Å². The summed E-state index contributed by atoms with van der Waals surface area (Å²) in [5.41, 5.74) is 1.71. The van der Waals surface area contributed by atoms with Crippen molar-refractivity contribution in [3.05, 3.63) is 64.4 Å². The molecule has 1 amide bonds. The van der Waals surface area contributed by atoms with Crippen LogP contribution >= 0.6 is 22.7 Å². The molecule has 1 aromatic carbocycles. The summed E-state index contributed by atoms with van der Waals surface area (Å²) in [5.74, 6) is -1.49. The lowest BCUT2D eigenvalue weighted by Crippen LogP contribution is -2.24. The minimum atomic E-state index is -1.28. The molecule has 122 valence electrons. The second-order valence-electron chi connectivity index (χ2n) is 5.15. The van der Waals surface area contributed by atoms with E-state index in [0.29, 0.717) is 23.4 Å². The van der Waals surface area contributed by atoms with E-state index in [1.165, 1.54) is 22.7 Å². The van der Waals surface area contributed by atoms with Crippen molar-refractivity contribution in [2.75, 3.05) is 5.32 Å². The van der Waals surface area contributed by atoms with E-state index in [1.807, 2.05) is 47.8 Å². The highest BCUT2D eigenvalue weighted by Gasteiger charge is 2.17. The van der Waals surface area contributed by atoms with Gasteiger partial charge in [-0.15, -0.1) is 22.7 Å². The normalized spacial score (nSPS) is 10.5. The number of anilines is 1. The van der Waals surface area contributed by atoms with Gasteiger partial charge < -0.3 is 15.2 Å². The first-order chi connectivity index (χ1) is 11.6. The molecule has 6 heteroatoms. The number of carboxylic acids is 1. The van der Waals surface area contributed by atoms with Crippen LogP contribution in [0.4, 0.5) is 5.00 Å². The molecular formula is C18H14NO3S2-. The Morgan fingerprint density at radius 1 is 1.04 bits per heavy atom. The Kier molecular flexibility index (Phi) is 5.08. The lowest BCUT2D eigenvalue weighted by atomic mass is 10.1. The molecule has 0 bridgehead atoms. The highest BCUT2D eigenvalue weighted by atomic mass is 32.1. The smallest absolute Gasteiger partial charge is 0.225 e. The zero-order valence-electron chi connectivity index (χ0n) is 12.7. The van der Waals surface area contributed by atoms with Crippen LogP contribution in [0.2, 0.25) is 0 Å². The van der Waals surface area contributed by atoms with Crippen molar-refractivity contribution in [3.63, 3.8) is 0 Å². The second-order valence-corrected chi connectivity index (χ2v) is 6.98. The number of nitrogens with one attached hydrogen (secondary N) is 1. The Hall–Kier alpha value is -2.44.